The van der Waals surface area contributed by atoms with E-state index in [0.29, 0.717) is 12.5 Å². The fourth-order valence-electron chi connectivity index (χ4n) is 1.86. The van der Waals surface area contributed by atoms with Gasteiger partial charge in [0, 0.05) is 11.8 Å². The van der Waals surface area contributed by atoms with Crippen molar-refractivity contribution < 1.29 is 13.6 Å². The third-order valence-electron chi connectivity index (χ3n) is 3.00. The minimum absolute atomic E-state index is 0. The van der Waals surface area contributed by atoms with E-state index >= 15 is 0 Å². The molecule has 0 aromatic carbocycles. The van der Waals surface area contributed by atoms with Gasteiger partial charge in [-0.2, -0.15) is 0 Å². The van der Waals surface area contributed by atoms with Crippen molar-refractivity contribution in [1.29, 1.82) is 0 Å². The topological polar surface area (TPSA) is 54.0 Å². The number of rotatable bonds is 4. The zero-order valence-corrected chi connectivity index (χ0v) is 14.1. The predicted octanol–water partition coefficient (Wildman–Crippen LogP) is 2.72. The second-order valence-electron chi connectivity index (χ2n) is 5.03. The molecule has 1 unspecified atom stereocenters. The molecule has 0 bridgehead atoms. The average Bonchev–Trinajstić information content (AvgIpc) is 2.92. The number of nitrogens with one attached hydrogen (secondary N) is 2. The normalized spacial score (nSPS) is 19.8. The molecule has 0 spiro atoms. The third-order valence-corrected chi connectivity index (χ3v) is 3.87. The van der Waals surface area contributed by atoms with Crippen LogP contribution in [-0.4, -0.2) is 29.4 Å². The highest BCUT2D eigenvalue weighted by molar-refractivity contribution is 7.09. The van der Waals surface area contributed by atoms with Crippen LogP contribution in [0.2, 0.25) is 0 Å². The molecular weight excluding hydrogens is 343 g/mol. The lowest BCUT2D eigenvalue weighted by Crippen LogP contribution is -2.40. The Morgan fingerprint density at radius 1 is 1.57 bits per heavy atom. The Hall–Kier alpha value is -0.500. The van der Waals surface area contributed by atoms with Crippen LogP contribution >= 0.6 is 36.2 Å². The number of aromatic nitrogens is 1. The summed E-state index contributed by atoms with van der Waals surface area (Å²) in [5.74, 6) is -2.83. The molecule has 1 aromatic rings. The van der Waals surface area contributed by atoms with Crippen molar-refractivity contribution in [3.05, 3.63) is 16.1 Å². The van der Waals surface area contributed by atoms with E-state index < -0.39 is 30.8 Å². The SMILES string of the molecule is CC(C)c1csc(CNC(=O)C2CC(F)(F)CN2)n1.Cl.Cl. The van der Waals surface area contributed by atoms with E-state index in [9.17, 15) is 13.6 Å². The second-order valence-corrected chi connectivity index (χ2v) is 5.97. The summed E-state index contributed by atoms with van der Waals surface area (Å²) in [5.41, 5.74) is 0.986. The van der Waals surface area contributed by atoms with Crippen LogP contribution in [0.3, 0.4) is 0 Å². The lowest BCUT2D eigenvalue weighted by atomic mass is 10.2. The van der Waals surface area contributed by atoms with Crippen molar-refractivity contribution in [1.82, 2.24) is 15.6 Å². The van der Waals surface area contributed by atoms with Gasteiger partial charge >= 0.3 is 0 Å². The Balaban J connectivity index is 0.00000200. The van der Waals surface area contributed by atoms with Gasteiger partial charge in [0.25, 0.3) is 5.92 Å². The summed E-state index contributed by atoms with van der Waals surface area (Å²) in [5, 5.41) is 7.92. The van der Waals surface area contributed by atoms with Gasteiger partial charge in [-0.1, -0.05) is 13.8 Å². The van der Waals surface area contributed by atoms with Crippen molar-refractivity contribution in [3.8, 4) is 0 Å². The second kappa shape index (κ2) is 8.22. The van der Waals surface area contributed by atoms with E-state index in [1.165, 1.54) is 11.3 Å². The first-order valence-electron chi connectivity index (χ1n) is 6.20. The minimum atomic E-state index is -2.78. The summed E-state index contributed by atoms with van der Waals surface area (Å²) in [6, 6.07) is -0.806. The summed E-state index contributed by atoms with van der Waals surface area (Å²) >= 11 is 1.47. The maximum Gasteiger partial charge on any atom is 0.262 e. The first-order chi connectivity index (χ1) is 8.87. The van der Waals surface area contributed by atoms with E-state index in [1.54, 1.807) is 0 Å². The van der Waals surface area contributed by atoms with Gasteiger partial charge in [0.1, 0.15) is 5.01 Å². The molecule has 21 heavy (non-hydrogen) atoms. The third kappa shape index (κ3) is 5.65. The Kier molecular flexibility index (Phi) is 8.02. The standard InChI is InChI=1S/C12H17F2N3OS.2ClH/c1-7(2)9-5-19-10(17-9)4-15-11(18)8-3-12(13,14)6-16-8;;/h5,7-8,16H,3-4,6H2,1-2H3,(H,15,18);2*1H. The number of hydrogen-bond donors (Lipinski definition) is 2. The molecule has 1 saturated heterocycles. The monoisotopic (exact) mass is 361 g/mol. The van der Waals surface area contributed by atoms with Crippen molar-refractivity contribution in [3.63, 3.8) is 0 Å². The zero-order chi connectivity index (χ0) is 14.0. The highest BCUT2D eigenvalue weighted by atomic mass is 35.5. The van der Waals surface area contributed by atoms with E-state index in [-0.39, 0.29) is 24.8 Å². The molecule has 2 rings (SSSR count). The van der Waals surface area contributed by atoms with Crippen molar-refractivity contribution >= 4 is 42.1 Å². The Bertz CT molecular complexity index is 471. The highest BCUT2D eigenvalue weighted by Gasteiger charge is 2.42. The summed E-state index contributed by atoms with van der Waals surface area (Å²) in [6.45, 7) is 3.95. The van der Waals surface area contributed by atoms with E-state index in [1.807, 2.05) is 19.2 Å². The van der Waals surface area contributed by atoms with Crippen LogP contribution in [0.15, 0.2) is 5.38 Å². The van der Waals surface area contributed by atoms with Crippen molar-refractivity contribution in [2.24, 2.45) is 0 Å². The number of halogens is 4. The molecule has 1 amide bonds. The van der Waals surface area contributed by atoms with Gasteiger partial charge in [0.05, 0.1) is 24.8 Å². The average molecular weight is 362 g/mol. The number of amides is 1. The van der Waals surface area contributed by atoms with Crippen LogP contribution in [0.1, 0.15) is 36.9 Å². The van der Waals surface area contributed by atoms with E-state index in [2.05, 4.69) is 15.6 Å². The molecule has 2 N–H and O–H groups in total. The fraction of sp³-hybridized carbons (Fsp3) is 0.667. The number of hydrogen-bond acceptors (Lipinski definition) is 4. The number of alkyl halides is 2. The van der Waals surface area contributed by atoms with Crippen LogP contribution in [0.4, 0.5) is 8.78 Å². The van der Waals surface area contributed by atoms with Gasteiger partial charge in [0.15, 0.2) is 0 Å². The van der Waals surface area contributed by atoms with Crippen LogP contribution < -0.4 is 10.6 Å². The highest BCUT2D eigenvalue weighted by Crippen LogP contribution is 2.25. The molecule has 0 aliphatic carbocycles. The van der Waals surface area contributed by atoms with Crippen LogP contribution in [0.25, 0.3) is 0 Å². The van der Waals surface area contributed by atoms with Gasteiger partial charge in [-0.25, -0.2) is 13.8 Å². The predicted molar refractivity (Wildman–Crippen MR) is 83.9 cm³/mol. The molecule has 1 aromatic heterocycles. The molecule has 1 aliphatic rings. The minimum Gasteiger partial charge on any atom is -0.348 e. The fourth-order valence-corrected chi connectivity index (χ4v) is 2.75. The number of nitrogens with zero attached hydrogens (tertiary/aromatic N) is 1. The van der Waals surface area contributed by atoms with Gasteiger partial charge in [-0.05, 0) is 5.92 Å². The van der Waals surface area contributed by atoms with Crippen LogP contribution in [-0.2, 0) is 11.3 Å². The van der Waals surface area contributed by atoms with Crippen LogP contribution in [0.5, 0.6) is 0 Å². The molecule has 9 heteroatoms. The first-order valence-corrected chi connectivity index (χ1v) is 7.08. The van der Waals surface area contributed by atoms with Gasteiger partial charge in [-0.3, -0.25) is 10.1 Å². The summed E-state index contributed by atoms with van der Waals surface area (Å²) in [4.78, 5) is 16.1. The van der Waals surface area contributed by atoms with Crippen molar-refractivity contribution in [2.45, 2.75) is 44.7 Å². The molecule has 1 atom stereocenters. The first kappa shape index (κ1) is 20.5. The zero-order valence-electron chi connectivity index (χ0n) is 11.7. The van der Waals surface area contributed by atoms with Gasteiger partial charge < -0.3 is 5.32 Å². The molecule has 0 radical (unpaired) electrons. The largest absolute Gasteiger partial charge is 0.348 e. The van der Waals surface area contributed by atoms with E-state index in [4.69, 9.17) is 0 Å². The molecule has 0 saturated carbocycles. The molecular formula is C12H19Cl2F2N3OS. The van der Waals surface area contributed by atoms with E-state index in [0.717, 1.165) is 10.7 Å². The maximum atomic E-state index is 13.0. The summed E-state index contributed by atoms with van der Waals surface area (Å²) in [7, 11) is 0. The summed E-state index contributed by atoms with van der Waals surface area (Å²) in [6.07, 6.45) is -0.437. The Morgan fingerprint density at radius 2 is 2.24 bits per heavy atom. The number of carbonyl (C=O) groups excluding carboxylic acids is 1. The van der Waals surface area contributed by atoms with Gasteiger partial charge in [0.2, 0.25) is 5.91 Å². The number of thiazole rings is 1. The van der Waals surface area contributed by atoms with Gasteiger partial charge in [-0.15, -0.1) is 36.2 Å². The quantitative estimate of drug-likeness (QED) is 0.866. The molecule has 1 aliphatic heterocycles. The Morgan fingerprint density at radius 3 is 2.71 bits per heavy atom. The smallest absolute Gasteiger partial charge is 0.262 e. The lowest BCUT2D eigenvalue weighted by molar-refractivity contribution is -0.123. The summed E-state index contributed by atoms with van der Waals surface area (Å²) < 4.78 is 25.9. The molecule has 122 valence electrons. The van der Waals surface area contributed by atoms with Crippen LogP contribution in [0, 0.1) is 0 Å². The molecule has 1 fully saturated rings. The molecule has 2 heterocycles. The van der Waals surface area contributed by atoms with Crippen molar-refractivity contribution in [2.75, 3.05) is 6.54 Å². The maximum absolute atomic E-state index is 13.0. The lowest BCUT2D eigenvalue weighted by Gasteiger charge is -2.10. The molecule has 4 nitrogen and oxygen atoms in total. The Labute approximate surface area is 138 Å². The number of carbonyl (C=O) groups is 1.